The van der Waals surface area contributed by atoms with Gasteiger partial charge in [0.1, 0.15) is 23.5 Å². The number of nitrogens with zero attached hydrogens (tertiary/aromatic N) is 3. The minimum atomic E-state index is -0.913. The van der Waals surface area contributed by atoms with Gasteiger partial charge in [0, 0.05) is 0 Å². The fourth-order valence-electron chi connectivity index (χ4n) is 1.16. The van der Waals surface area contributed by atoms with Crippen molar-refractivity contribution in [3.8, 4) is 12.1 Å². The number of anilines is 1. The van der Waals surface area contributed by atoms with E-state index in [0.717, 1.165) is 6.08 Å². The van der Waals surface area contributed by atoms with Crippen molar-refractivity contribution in [2.24, 2.45) is 0 Å². The van der Waals surface area contributed by atoms with Crippen LogP contribution in [0.5, 0.6) is 0 Å². The molecule has 1 aromatic rings. The average Bonchev–Trinajstić information content (AvgIpc) is 2.63. The molecular weight excluding hydrogens is 238 g/mol. The Labute approximate surface area is 101 Å². The van der Waals surface area contributed by atoms with Gasteiger partial charge in [-0.15, -0.1) is 4.68 Å². The van der Waals surface area contributed by atoms with E-state index in [2.05, 4.69) is 9.84 Å². The molecule has 0 unspecified atom stereocenters. The summed E-state index contributed by atoms with van der Waals surface area (Å²) in [5.74, 6) is -0.129. The number of rotatable bonds is 2. The normalized spacial score (nSPS) is 9.06. The molecule has 0 atom stereocenters. The minimum absolute atomic E-state index is 0.0943. The van der Waals surface area contributed by atoms with Crippen molar-refractivity contribution in [2.45, 2.75) is 6.92 Å². The van der Waals surface area contributed by atoms with Gasteiger partial charge in [-0.1, -0.05) is 0 Å². The molecule has 0 aliphatic carbocycles. The molecule has 0 aromatic carbocycles. The highest BCUT2D eigenvalue weighted by molar-refractivity contribution is 5.74. The molecule has 8 nitrogen and oxygen atoms in total. The quantitative estimate of drug-likeness (QED) is 0.715. The number of aromatic amines is 1. The van der Waals surface area contributed by atoms with Gasteiger partial charge in [0.15, 0.2) is 0 Å². The fraction of sp³-hybridized carbons (Fsp3) is 0.200. The van der Waals surface area contributed by atoms with E-state index in [0.29, 0.717) is 4.68 Å². The Balaban J connectivity index is 3.31. The van der Waals surface area contributed by atoms with Crippen LogP contribution in [0.4, 0.5) is 10.6 Å². The summed E-state index contributed by atoms with van der Waals surface area (Å²) >= 11 is 0. The van der Waals surface area contributed by atoms with Crippen LogP contribution in [0, 0.1) is 22.7 Å². The average molecular weight is 247 g/mol. The SMILES string of the molecule is CCOC(=O)n1[nH]c(N)c(C=C(C#N)C#N)c1=O. The first kappa shape index (κ1) is 13.1. The topological polar surface area (TPSA) is 138 Å². The number of nitrogens with one attached hydrogen (secondary N) is 1. The second-order valence-corrected chi connectivity index (χ2v) is 3.06. The Kier molecular flexibility index (Phi) is 3.89. The number of aromatic nitrogens is 2. The summed E-state index contributed by atoms with van der Waals surface area (Å²) in [5, 5.41) is 19.4. The highest BCUT2D eigenvalue weighted by atomic mass is 16.6. The molecule has 0 fully saturated rings. The Bertz CT molecular complexity index is 622. The Morgan fingerprint density at radius 1 is 1.56 bits per heavy atom. The van der Waals surface area contributed by atoms with Crippen molar-refractivity contribution in [3.05, 3.63) is 21.5 Å². The molecule has 0 saturated heterocycles. The molecule has 0 bridgehead atoms. The number of ether oxygens (including phenoxy) is 1. The highest BCUT2D eigenvalue weighted by Crippen LogP contribution is 2.08. The van der Waals surface area contributed by atoms with Gasteiger partial charge < -0.3 is 10.5 Å². The van der Waals surface area contributed by atoms with Gasteiger partial charge in [-0.05, 0) is 13.0 Å². The van der Waals surface area contributed by atoms with E-state index < -0.39 is 11.7 Å². The zero-order valence-electron chi connectivity index (χ0n) is 9.43. The maximum atomic E-state index is 11.8. The first-order valence-electron chi connectivity index (χ1n) is 4.84. The van der Waals surface area contributed by atoms with Gasteiger partial charge in [0.2, 0.25) is 0 Å². The van der Waals surface area contributed by atoms with Crippen molar-refractivity contribution in [2.75, 3.05) is 12.3 Å². The van der Waals surface area contributed by atoms with Crippen LogP contribution >= 0.6 is 0 Å². The van der Waals surface area contributed by atoms with Crippen molar-refractivity contribution in [1.82, 2.24) is 9.78 Å². The second kappa shape index (κ2) is 5.37. The zero-order valence-corrected chi connectivity index (χ0v) is 9.43. The van der Waals surface area contributed by atoms with E-state index in [1.807, 2.05) is 0 Å². The van der Waals surface area contributed by atoms with E-state index in [1.165, 1.54) is 0 Å². The maximum absolute atomic E-state index is 11.8. The number of hydrogen-bond acceptors (Lipinski definition) is 6. The number of carbonyl (C=O) groups excluding carboxylic acids is 1. The number of allylic oxidation sites excluding steroid dienone is 1. The maximum Gasteiger partial charge on any atom is 0.436 e. The predicted molar refractivity (Wildman–Crippen MR) is 61.1 cm³/mol. The first-order chi connectivity index (χ1) is 8.54. The van der Waals surface area contributed by atoms with E-state index in [4.69, 9.17) is 16.3 Å². The lowest BCUT2D eigenvalue weighted by atomic mass is 10.2. The molecular formula is C10H9N5O3. The van der Waals surface area contributed by atoms with E-state index >= 15 is 0 Å². The molecule has 8 heteroatoms. The second-order valence-electron chi connectivity index (χ2n) is 3.06. The van der Waals surface area contributed by atoms with Gasteiger partial charge in [0.05, 0.1) is 12.2 Å². The van der Waals surface area contributed by atoms with E-state index in [9.17, 15) is 9.59 Å². The standard InChI is InChI=1S/C10H9N5O3/c1-2-18-10(17)15-9(16)7(8(13)14-15)3-6(4-11)5-12/h3,14H,2,13H2,1H3. The predicted octanol–water partition coefficient (Wildman–Crippen LogP) is 0.194. The molecule has 1 heterocycles. The molecule has 1 rings (SSSR count). The highest BCUT2D eigenvalue weighted by Gasteiger charge is 2.16. The van der Waals surface area contributed by atoms with Gasteiger partial charge >= 0.3 is 6.09 Å². The molecule has 0 saturated carbocycles. The molecule has 3 N–H and O–H groups in total. The van der Waals surface area contributed by atoms with Gasteiger partial charge in [0.25, 0.3) is 5.56 Å². The summed E-state index contributed by atoms with van der Waals surface area (Å²) in [6.07, 6.45) is 0.0912. The third kappa shape index (κ3) is 2.39. The lowest BCUT2D eigenvalue weighted by Crippen LogP contribution is -2.26. The largest absolute Gasteiger partial charge is 0.448 e. The third-order valence-electron chi connectivity index (χ3n) is 1.94. The molecule has 92 valence electrons. The monoisotopic (exact) mass is 247 g/mol. The van der Waals surface area contributed by atoms with Crippen molar-refractivity contribution in [1.29, 1.82) is 10.5 Å². The number of nitriles is 2. The summed E-state index contributed by atoms with van der Waals surface area (Å²) in [4.78, 5) is 23.1. The van der Waals surface area contributed by atoms with Crippen LogP contribution in [0.2, 0.25) is 0 Å². The van der Waals surface area contributed by atoms with Crippen LogP contribution in [0.15, 0.2) is 10.4 Å². The lowest BCUT2D eigenvalue weighted by Gasteiger charge is -1.99. The van der Waals surface area contributed by atoms with Crippen LogP contribution in [-0.4, -0.2) is 22.5 Å². The summed E-state index contributed by atoms with van der Waals surface area (Å²) in [7, 11) is 0. The molecule has 0 aliphatic rings. The summed E-state index contributed by atoms with van der Waals surface area (Å²) in [6, 6.07) is 3.17. The van der Waals surface area contributed by atoms with E-state index in [-0.39, 0.29) is 23.6 Å². The van der Waals surface area contributed by atoms with Crippen molar-refractivity contribution in [3.63, 3.8) is 0 Å². The van der Waals surface area contributed by atoms with Crippen molar-refractivity contribution >= 4 is 18.0 Å². The van der Waals surface area contributed by atoms with Crippen LogP contribution < -0.4 is 11.3 Å². The van der Waals surface area contributed by atoms with Gasteiger partial charge in [-0.3, -0.25) is 9.89 Å². The number of nitrogen functional groups attached to an aromatic ring is 1. The molecule has 0 spiro atoms. The Morgan fingerprint density at radius 2 is 2.17 bits per heavy atom. The fourth-order valence-corrected chi connectivity index (χ4v) is 1.16. The number of H-pyrrole nitrogens is 1. The van der Waals surface area contributed by atoms with Crippen molar-refractivity contribution < 1.29 is 9.53 Å². The smallest absolute Gasteiger partial charge is 0.436 e. The van der Waals surface area contributed by atoms with E-state index in [1.54, 1.807) is 19.1 Å². The molecule has 18 heavy (non-hydrogen) atoms. The lowest BCUT2D eigenvalue weighted by molar-refractivity contribution is 0.149. The van der Waals surface area contributed by atoms with Crippen LogP contribution in [0.3, 0.4) is 0 Å². The third-order valence-corrected chi connectivity index (χ3v) is 1.94. The zero-order chi connectivity index (χ0) is 13.7. The summed E-state index contributed by atoms with van der Waals surface area (Å²) in [5.41, 5.74) is 4.27. The van der Waals surface area contributed by atoms with Crippen LogP contribution in [0.25, 0.3) is 6.08 Å². The summed E-state index contributed by atoms with van der Waals surface area (Å²) in [6.45, 7) is 1.68. The van der Waals surface area contributed by atoms with Gasteiger partial charge in [-0.25, -0.2) is 4.79 Å². The van der Waals surface area contributed by atoms with Gasteiger partial charge in [-0.2, -0.15) is 10.5 Å². The minimum Gasteiger partial charge on any atom is -0.448 e. The number of hydrogen-bond donors (Lipinski definition) is 2. The summed E-state index contributed by atoms with van der Waals surface area (Å²) < 4.78 is 5.19. The number of nitrogens with two attached hydrogens (primary N) is 1. The van der Waals surface area contributed by atoms with Crippen LogP contribution in [-0.2, 0) is 4.74 Å². The molecule has 0 aliphatic heterocycles. The molecule has 0 radical (unpaired) electrons. The first-order valence-corrected chi connectivity index (χ1v) is 4.84. The molecule has 1 aromatic heterocycles. The number of carbonyl (C=O) groups is 1. The van der Waals surface area contributed by atoms with Crippen LogP contribution in [0.1, 0.15) is 12.5 Å². The Hall–Kier alpha value is -3.00. The Morgan fingerprint density at radius 3 is 2.67 bits per heavy atom. The molecule has 0 amide bonds.